The quantitative estimate of drug-likeness (QED) is 0.651. The molecule has 0 saturated heterocycles. The Morgan fingerprint density at radius 3 is 2.00 bits per heavy atom. The summed E-state index contributed by atoms with van der Waals surface area (Å²) in [5.41, 5.74) is -0.403. The highest BCUT2D eigenvalue weighted by Gasteiger charge is 2.14. The summed E-state index contributed by atoms with van der Waals surface area (Å²) in [6.45, 7) is 9.48. The van der Waals surface area contributed by atoms with Crippen LogP contribution in [0.3, 0.4) is 0 Å². The number of nitrogens with one attached hydrogen (secondary N) is 1. The predicted molar refractivity (Wildman–Crippen MR) is 54.2 cm³/mol. The van der Waals surface area contributed by atoms with Crippen molar-refractivity contribution in [1.82, 2.24) is 4.72 Å². The highest BCUT2D eigenvalue weighted by Crippen LogP contribution is 2.06. The third-order valence-electron chi connectivity index (χ3n) is 0.584. The molecule has 0 unspecified atom stereocenters. The number of hydrogen-bond donors (Lipinski definition) is 1. The Morgan fingerprint density at radius 2 is 1.75 bits per heavy atom. The van der Waals surface area contributed by atoms with Gasteiger partial charge in [0.1, 0.15) is 5.60 Å². The third-order valence-corrected chi connectivity index (χ3v) is 0.955. The van der Waals surface area contributed by atoms with Gasteiger partial charge in [0.2, 0.25) is 0 Å². The van der Waals surface area contributed by atoms with Crippen LogP contribution in [0.5, 0.6) is 0 Å². The lowest BCUT2D eigenvalue weighted by Crippen LogP contribution is -2.28. The summed E-state index contributed by atoms with van der Waals surface area (Å²) in [6.07, 6.45) is 1.38. The standard InChI is InChI=1S/C6H13NO2S.C2H6/c1-6(2,3)9-5(8)7-10-4;1-2/h1-4H3,(H,7,8);1-2H3. The molecule has 1 amide bonds. The van der Waals surface area contributed by atoms with Gasteiger partial charge in [-0.15, -0.1) is 0 Å². The van der Waals surface area contributed by atoms with Crippen LogP contribution in [-0.4, -0.2) is 18.0 Å². The summed E-state index contributed by atoms with van der Waals surface area (Å²) < 4.78 is 7.36. The Labute approximate surface area is 79.4 Å². The van der Waals surface area contributed by atoms with E-state index >= 15 is 0 Å². The minimum atomic E-state index is -0.403. The van der Waals surface area contributed by atoms with Gasteiger partial charge in [0.25, 0.3) is 0 Å². The summed E-state index contributed by atoms with van der Waals surface area (Å²) in [5.74, 6) is 0. The van der Waals surface area contributed by atoms with Gasteiger partial charge >= 0.3 is 6.09 Å². The Bertz CT molecular complexity index is 121. The molecule has 4 heteroatoms. The first-order chi connectivity index (χ1) is 5.45. The van der Waals surface area contributed by atoms with Crippen LogP contribution < -0.4 is 4.72 Å². The number of ether oxygens (including phenoxy) is 1. The van der Waals surface area contributed by atoms with Crippen LogP contribution in [0.15, 0.2) is 0 Å². The van der Waals surface area contributed by atoms with Crippen LogP contribution in [0, 0.1) is 0 Å². The summed E-state index contributed by atoms with van der Waals surface area (Å²) in [7, 11) is 0. The Hall–Kier alpha value is -0.380. The van der Waals surface area contributed by atoms with Gasteiger partial charge in [0.05, 0.1) is 0 Å². The maximum absolute atomic E-state index is 10.7. The zero-order valence-corrected chi connectivity index (χ0v) is 9.54. The lowest BCUT2D eigenvalue weighted by molar-refractivity contribution is 0.0575. The molecule has 0 saturated carbocycles. The summed E-state index contributed by atoms with van der Waals surface area (Å²) in [5, 5.41) is 0. The topological polar surface area (TPSA) is 38.3 Å². The van der Waals surface area contributed by atoms with Crippen LogP contribution in [-0.2, 0) is 4.74 Å². The van der Waals surface area contributed by atoms with Gasteiger partial charge in [0.15, 0.2) is 0 Å². The monoisotopic (exact) mass is 193 g/mol. The fraction of sp³-hybridized carbons (Fsp3) is 0.875. The molecule has 0 aromatic rings. The van der Waals surface area contributed by atoms with E-state index in [1.165, 1.54) is 11.9 Å². The van der Waals surface area contributed by atoms with E-state index in [9.17, 15) is 4.79 Å². The molecule has 0 fully saturated rings. The first-order valence-corrected chi connectivity index (χ1v) is 5.20. The van der Waals surface area contributed by atoms with E-state index in [0.717, 1.165) is 0 Å². The van der Waals surface area contributed by atoms with Crippen molar-refractivity contribution in [1.29, 1.82) is 0 Å². The molecule has 0 aliphatic rings. The van der Waals surface area contributed by atoms with E-state index < -0.39 is 5.60 Å². The number of rotatable bonds is 1. The molecule has 1 N–H and O–H groups in total. The molecule has 0 radical (unpaired) electrons. The minimum Gasteiger partial charge on any atom is -0.443 e. The fourth-order valence-corrected chi connectivity index (χ4v) is 0.591. The molecule has 0 spiro atoms. The van der Waals surface area contributed by atoms with Crippen LogP contribution in [0.4, 0.5) is 4.79 Å². The Balaban J connectivity index is 0. The molecule has 12 heavy (non-hydrogen) atoms. The lowest BCUT2D eigenvalue weighted by Gasteiger charge is -2.18. The van der Waals surface area contributed by atoms with E-state index in [1.807, 2.05) is 34.6 Å². The second kappa shape index (κ2) is 7.28. The van der Waals surface area contributed by atoms with Gasteiger partial charge in [-0.25, -0.2) is 4.79 Å². The van der Waals surface area contributed by atoms with Crippen molar-refractivity contribution < 1.29 is 9.53 Å². The molecule has 3 nitrogen and oxygen atoms in total. The molecular weight excluding hydrogens is 174 g/mol. The predicted octanol–water partition coefficient (Wildman–Crippen LogP) is 2.82. The third kappa shape index (κ3) is 12.3. The van der Waals surface area contributed by atoms with Gasteiger partial charge in [-0.2, -0.15) is 0 Å². The van der Waals surface area contributed by atoms with Gasteiger partial charge in [-0.1, -0.05) is 25.8 Å². The number of hydrogen-bond acceptors (Lipinski definition) is 3. The van der Waals surface area contributed by atoms with Gasteiger partial charge in [0, 0.05) is 6.26 Å². The van der Waals surface area contributed by atoms with E-state index in [4.69, 9.17) is 4.74 Å². The first-order valence-electron chi connectivity index (χ1n) is 3.97. The average molecular weight is 193 g/mol. The molecule has 0 atom stereocenters. The molecule has 74 valence electrons. The highest BCUT2D eigenvalue weighted by atomic mass is 32.2. The van der Waals surface area contributed by atoms with E-state index in [0.29, 0.717) is 0 Å². The van der Waals surface area contributed by atoms with E-state index in [1.54, 1.807) is 6.26 Å². The van der Waals surface area contributed by atoms with Crippen molar-refractivity contribution in [3.05, 3.63) is 0 Å². The number of carbonyl (C=O) groups is 1. The summed E-state index contributed by atoms with van der Waals surface area (Å²) >= 11 is 1.23. The number of amides is 1. The molecule has 0 aliphatic heterocycles. The first kappa shape index (κ1) is 14.2. The smallest absolute Gasteiger partial charge is 0.417 e. The van der Waals surface area contributed by atoms with Crippen molar-refractivity contribution in [2.75, 3.05) is 6.26 Å². The molecule has 0 aromatic carbocycles. The maximum Gasteiger partial charge on any atom is 0.417 e. The zero-order valence-electron chi connectivity index (χ0n) is 8.72. The molecule has 0 heterocycles. The number of carbonyl (C=O) groups excluding carboxylic acids is 1. The lowest BCUT2D eigenvalue weighted by atomic mass is 10.2. The SMILES string of the molecule is CC.CSNC(=O)OC(C)(C)C. The minimum absolute atomic E-state index is 0.389. The Morgan fingerprint density at radius 1 is 1.33 bits per heavy atom. The zero-order chi connectivity index (χ0) is 10.2. The molecule has 0 aliphatic carbocycles. The normalized spacial score (nSPS) is 9.50. The molecule has 0 bridgehead atoms. The van der Waals surface area contributed by atoms with Crippen molar-refractivity contribution in [3.8, 4) is 0 Å². The summed E-state index contributed by atoms with van der Waals surface area (Å²) in [6, 6.07) is 0. The van der Waals surface area contributed by atoms with E-state index in [-0.39, 0.29) is 6.09 Å². The highest BCUT2D eigenvalue weighted by molar-refractivity contribution is 7.97. The van der Waals surface area contributed by atoms with Crippen molar-refractivity contribution in [3.63, 3.8) is 0 Å². The molecule has 0 rings (SSSR count). The van der Waals surface area contributed by atoms with Crippen molar-refractivity contribution in [2.45, 2.75) is 40.2 Å². The fourth-order valence-electron chi connectivity index (χ4n) is 0.382. The van der Waals surface area contributed by atoms with Crippen LogP contribution in [0.2, 0.25) is 0 Å². The second-order valence-corrected chi connectivity index (χ2v) is 3.42. The Kier molecular flexibility index (Phi) is 8.59. The second-order valence-electron chi connectivity index (χ2n) is 2.81. The van der Waals surface area contributed by atoms with Crippen molar-refractivity contribution in [2.24, 2.45) is 0 Å². The van der Waals surface area contributed by atoms with Crippen LogP contribution >= 0.6 is 11.9 Å². The molecule has 0 aromatic heterocycles. The molecular formula is C8H19NO2S. The van der Waals surface area contributed by atoms with Crippen molar-refractivity contribution >= 4 is 18.0 Å². The van der Waals surface area contributed by atoms with Gasteiger partial charge in [-0.05, 0) is 20.8 Å². The van der Waals surface area contributed by atoms with Gasteiger partial charge < -0.3 is 4.74 Å². The summed E-state index contributed by atoms with van der Waals surface area (Å²) in [4.78, 5) is 10.7. The average Bonchev–Trinajstić information content (AvgIpc) is 1.88. The largest absolute Gasteiger partial charge is 0.443 e. The maximum atomic E-state index is 10.7. The van der Waals surface area contributed by atoms with E-state index in [2.05, 4.69) is 4.72 Å². The van der Waals surface area contributed by atoms with Crippen LogP contribution in [0.25, 0.3) is 0 Å². The van der Waals surface area contributed by atoms with Gasteiger partial charge in [-0.3, -0.25) is 4.72 Å². The van der Waals surface area contributed by atoms with Crippen LogP contribution in [0.1, 0.15) is 34.6 Å².